The lowest BCUT2D eigenvalue weighted by Gasteiger charge is -2.26. The summed E-state index contributed by atoms with van der Waals surface area (Å²) in [7, 11) is 0. The minimum absolute atomic E-state index is 0.632. The molecule has 3 nitrogen and oxygen atoms in total. The van der Waals surface area contributed by atoms with E-state index >= 15 is 0 Å². The van der Waals surface area contributed by atoms with E-state index in [1.807, 2.05) is 30.3 Å². The van der Waals surface area contributed by atoms with E-state index in [0.29, 0.717) is 5.89 Å². The van der Waals surface area contributed by atoms with Gasteiger partial charge in [0.15, 0.2) is 5.58 Å². The summed E-state index contributed by atoms with van der Waals surface area (Å²) in [6, 6.07) is 68.9. The molecular formula is C49H32N2O. The van der Waals surface area contributed by atoms with Crippen LogP contribution in [0.3, 0.4) is 0 Å². The van der Waals surface area contributed by atoms with Crippen molar-refractivity contribution in [1.82, 2.24) is 4.98 Å². The van der Waals surface area contributed by atoms with Crippen LogP contribution >= 0.6 is 0 Å². The van der Waals surface area contributed by atoms with Crippen LogP contribution in [0.25, 0.3) is 77.1 Å². The summed E-state index contributed by atoms with van der Waals surface area (Å²) in [6.45, 7) is 0. The topological polar surface area (TPSA) is 29.3 Å². The van der Waals surface area contributed by atoms with Gasteiger partial charge in [-0.1, -0.05) is 127 Å². The Morgan fingerprint density at radius 3 is 1.75 bits per heavy atom. The lowest BCUT2D eigenvalue weighted by Crippen LogP contribution is -2.09. The molecule has 0 aliphatic rings. The number of rotatable bonds is 6. The van der Waals surface area contributed by atoms with Crippen LogP contribution in [0.1, 0.15) is 0 Å². The maximum Gasteiger partial charge on any atom is 0.227 e. The van der Waals surface area contributed by atoms with Gasteiger partial charge in [-0.3, -0.25) is 0 Å². The number of aromatic nitrogens is 1. The highest BCUT2D eigenvalue weighted by Gasteiger charge is 2.17. The van der Waals surface area contributed by atoms with E-state index in [2.05, 4.69) is 169 Å². The van der Waals surface area contributed by atoms with Gasteiger partial charge in [-0.25, -0.2) is 4.98 Å². The van der Waals surface area contributed by atoms with Crippen LogP contribution in [0.4, 0.5) is 17.1 Å². The summed E-state index contributed by atoms with van der Waals surface area (Å²) in [5, 5.41) is 7.04. The third kappa shape index (κ3) is 5.28. The lowest BCUT2D eigenvalue weighted by atomic mass is 9.95. The van der Waals surface area contributed by atoms with E-state index in [4.69, 9.17) is 9.40 Å². The Kier molecular flexibility index (Phi) is 7.14. The summed E-state index contributed by atoms with van der Waals surface area (Å²) in [5.41, 5.74) is 10.6. The van der Waals surface area contributed by atoms with Crippen molar-refractivity contribution < 1.29 is 4.42 Å². The minimum atomic E-state index is 0.632. The van der Waals surface area contributed by atoms with Crippen LogP contribution in [0.5, 0.6) is 0 Å². The van der Waals surface area contributed by atoms with Crippen LogP contribution in [-0.2, 0) is 0 Å². The standard InChI is InChI=1S/C49H32N2O/c1-3-12-36(13-4-1)49-50-47-32-46(44-17-9-10-18-45(44)48(47)52-49)39-22-20-35-25-28-43(31-40(35)30-39)51(41-15-5-2-6-16-41)42-26-23-34(24-27-42)38-21-19-33-11-7-8-14-37(33)29-38/h1-32H. The monoisotopic (exact) mass is 664 g/mol. The quantitative estimate of drug-likeness (QED) is 0.177. The average molecular weight is 665 g/mol. The molecule has 0 saturated heterocycles. The summed E-state index contributed by atoms with van der Waals surface area (Å²) in [5.74, 6) is 0.632. The van der Waals surface area contributed by atoms with Gasteiger partial charge in [0.05, 0.1) is 0 Å². The SMILES string of the molecule is c1ccc(-c2nc3cc(-c4ccc5ccc(N(c6ccccc6)c6ccc(-c7ccc8ccccc8c7)cc6)cc5c4)c4ccccc4c3o2)cc1. The molecule has 0 unspecified atom stereocenters. The number of hydrogen-bond donors (Lipinski definition) is 0. The molecule has 3 heteroatoms. The number of hydrogen-bond acceptors (Lipinski definition) is 3. The highest BCUT2D eigenvalue weighted by Crippen LogP contribution is 2.40. The molecule has 1 aromatic heterocycles. The molecule has 0 N–H and O–H groups in total. The molecule has 244 valence electrons. The first kappa shape index (κ1) is 29.9. The number of fused-ring (bicyclic) bond motifs is 5. The predicted molar refractivity (Wildman–Crippen MR) is 218 cm³/mol. The fourth-order valence-corrected chi connectivity index (χ4v) is 7.43. The van der Waals surface area contributed by atoms with Crippen molar-refractivity contribution in [2.75, 3.05) is 4.90 Å². The Labute approximate surface area is 301 Å². The third-order valence-electron chi connectivity index (χ3n) is 10.0. The van der Waals surface area contributed by atoms with Crippen LogP contribution in [0.2, 0.25) is 0 Å². The molecule has 1 heterocycles. The van der Waals surface area contributed by atoms with Gasteiger partial charge in [-0.15, -0.1) is 0 Å². The maximum atomic E-state index is 6.39. The number of benzene rings is 9. The first-order valence-corrected chi connectivity index (χ1v) is 17.6. The fraction of sp³-hybridized carbons (Fsp3) is 0. The molecule has 10 aromatic rings. The molecule has 0 fully saturated rings. The number of nitrogens with zero attached hydrogens (tertiary/aromatic N) is 2. The molecule has 0 saturated carbocycles. The van der Waals surface area contributed by atoms with Crippen molar-refractivity contribution in [1.29, 1.82) is 0 Å². The fourth-order valence-electron chi connectivity index (χ4n) is 7.43. The Bertz CT molecular complexity index is 2890. The normalized spacial score (nSPS) is 11.5. The zero-order chi connectivity index (χ0) is 34.4. The highest BCUT2D eigenvalue weighted by atomic mass is 16.3. The van der Waals surface area contributed by atoms with E-state index in [1.165, 1.54) is 27.3 Å². The van der Waals surface area contributed by atoms with Crippen molar-refractivity contribution in [2.45, 2.75) is 0 Å². The van der Waals surface area contributed by atoms with Gasteiger partial charge in [0, 0.05) is 28.0 Å². The van der Waals surface area contributed by atoms with Gasteiger partial charge in [0.2, 0.25) is 5.89 Å². The second-order valence-electron chi connectivity index (χ2n) is 13.2. The Balaban J connectivity index is 1.07. The van der Waals surface area contributed by atoms with Crippen LogP contribution in [0.15, 0.2) is 199 Å². The van der Waals surface area contributed by atoms with Gasteiger partial charge in [0.25, 0.3) is 0 Å². The lowest BCUT2D eigenvalue weighted by molar-refractivity contribution is 0.623. The molecule has 0 spiro atoms. The molecule has 0 aliphatic carbocycles. The van der Waals surface area contributed by atoms with Gasteiger partial charge in [-0.05, 0) is 116 Å². The van der Waals surface area contributed by atoms with E-state index in [9.17, 15) is 0 Å². The average Bonchev–Trinajstić information content (AvgIpc) is 3.66. The molecule has 10 rings (SSSR count). The van der Waals surface area contributed by atoms with Gasteiger partial charge in [-0.2, -0.15) is 0 Å². The van der Waals surface area contributed by atoms with E-state index < -0.39 is 0 Å². The molecule has 0 aliphatic heterocycles. The second-order valence-corrected chi connectivity index (χ2v) is 13.2. The summed E-state index contributed by atoms with van der Waals surface area (Å²) >= 11 is 0. The van der Waals surface area contributed by atoms with Crippen molar-refractivity contribution in [3.8, 4) is 33.7 Å². The highest BCUT2D eigenvalue weighted by molar-refractivity contribution is 6.11. The Morgan fingerprint density at radius 1 is 0.365 bits per heavy atom. The van der Waals surface area contributed by atoms with E-state index in [1.54, 1.807) is 0 Å². The molecule has 0 radical (unpaired) electrons. The molecule has 0 amide bonds. The maximum absolute atomic E-state index is 6.39. The summed E-state index contributed by atoms with van der Waals surface area (Å²) in [4.78, 5) is 7.28. The van der Waals surface area contributed by atoms with Crippen molar-refractivity contribution in [3.05, 3.63) is 194 Å². The number of para-hydroxylation sites is 1. The summed E-state index contributed by atoms with van der Waals surface area (Å²) in [6.07, 6.45) is 0. The predicted octanol–water partition coefficient (Wildman–Crippen LogP) is 13.8. The molecule has 0 bridgehead atoms. The number of anilines is 3. The largest absolute Gasteiger partial charge is 0.435 e. The first-order valence-electron chi connectivity index (χ1n) is 17.6. The molecule has 52 heavy (non-hydrogen) atoms. The van der Waals surface area contributed by atoms with Crippen LogP contribution in [-0.4, -0.2) is 4.98 Å². The van der Waals surface area contributed by atoms with E-state index in [-0.39, 0.29) is 0 Å². The minimum Gasteiger partial charge on any atom is -0.435 e. The smallest absolute Gasteiger partial charge is 0.227 e. The first-order chi connectivity index (χ1) is 25.7. The van der Waals surface area contributed by atoms with Crippen LogP contribution < -0.4 is 4.90 Å². The van der Waals surface area contributed by atoms with Gasteiger partial charge >= 0.3 is 0 Å². The van der Waals surface area contributed by atoms with Crippen LogP contribution in [0, 0.1) is 0 Å². The molecule has 9 aromatic carbocycles. The van der Waals surface area contributed by atoms with Crippen molar-refractivity contribution in [3.63, 3.8) is 0 Å². The van der Waals surface area contributed by atoms with E-state index in [0.717, 1.165) is 61.0 Å². The molecule has 0 atom stereocenters. The summed E-state index contributed by atoms with van der Waals surface area (Å²) < 4.78 is 6.39. The van der Waals surface area contributed by atoms with Crippen molar-refractivity contribution >= 4 is 60.5 Å². The zero-order valence-corrected chi connectivity index (χ0v) is 28.3. The Hall–Kier alpha value is -6.97. The van der Waals surface area contributed by atoms with Crippen molar-refractivity contribution in [2.24, 2.45) is 0 Å². The third-order valence-corrected chi connectivity index (χ3v) is 10.0. The second kappa shape index (κ2) is 12.4. The number of oxazole rings is 1. The molecular weight excluding hydrogens is 633 g/mol. The Morgan fingerprint density at radius 2 is 0.942 bits per heavy atom. The van der Waals surface area contributed by atoms with Gasteiger partial charge < -0.3 is 9.32 Å². The zero-order valence-electron chi connectivity index (χ0n) is 28.3. The van der Waals surface area contributed by atoms with Gasteiger partial charge in [0.1, 0.15) is 5.52 Å².